The molecule has 0 heterocycles. The number of halogens is 1. The van der Waals surface area contributed by atoms with Crippen LogP contribution < -0.4 is 0 Å². The highest BCUT2D eigenvalue weighted by atomic mass is 127. The molecule has 2 rings (SSSR count). The van der Waals surface area contributed by atoms with Crippen LogP contribution in [0, 0.1) is 17.8 Å². The minimum absolute atomic E-state index is 0.469. The van der Waals surface area contributed by atoms with Crippen LogP contribution in [0.3, 0.4) is 0 Å². The largest absolute Gasteiger partial charge is 0.299 e. The van der Waals surface area contributed by atoms with Crippen molar-refractivity contribution in [3.8, 4) is 0 Å². The molecule has 0 saturated heterocycles. The normalized spacial score (nSPS) is 40.4. The van der Waals surface area contributed by atoms with Crippen molar-refractivity contribution in [2.45, 2.75) is 32.1 Å². The van der Waals surface area contributed by atoms with E-state index in [0.717, 1.165) is 18.3 Å². The minimum Gasteiger partial charge on any atom is -0.299 e. The summed E-state index contributed by atoms with van der Waals surface area (Å²) in [4.78, 5) is 11.4. The number of carbonyl (C=O) groups is 1. The van der Waals surface area contributed by atoms with Crippen molar-refractivity contribution >= 4 is 28.4 Å². The van der Waals surface area contributed by atoms with Gasteiger partial charge in [0.1, 0.15) is 5.78 Å². The Morgan fingerprint density at radius 3 is 2.83 bits per heavy atom. The maximum Gasteiger partial charge on any atom is 0.136 e. The van der Waals surface area contributed by atoms with E-state index in [-0.39, 0.29) is 0 Å². The van der Waals surface area contributed by atoms with E-state index >= 15 is 0 Å². The van der Waals surface area contributed by atoms with Crippen molar-refractivity contribution in [1.29, 1.82) is 0 Å². The summed E-state index contributed by atoms with van der Waals surface area (Å²) in [5, 5.41) is 0. The second-order valence-electron chi connectivity index (χ2n) is 4.28. The van der Waals surface area contributed by atoms with Gasteiger partial charge in [0, 0.05) is 12.3 Å². The van der Waals surface area contributed by atoms with Crippen LogP contribution in [0.15, 0.2) is 0 Å². The van der Waals surface area contributed by atoms with E-state index in [1.165, 1.54) is 30.1 Å². The standard InChI is InChI=1S/C10H15IO/c11-2-1-7-3-8-5-9(4-7)10(12)6-8/h7-9H,1-6H2/t7-,8+,9-/m0/s1. The van der Waals surface area contributed by atoms with Gasteiger partial charge in [-0.05, 0) is 41.9 Å². The topological polar surface area (TPSA) is 17.1 Å². The highest BCUT2D eigenvalue weighted by Crippen LogP contribution is 2.43. The maximum absolute atomic E-state index is 11.4. The quantitative estimate of drug-likeness (QED) is 0.560. The van der Waals surface area contributed by atoms with Crippen LogP contribution in [0.25, 0.3) is 0 Å². The number of ketones is 1. The van der Waals surface area contributed by atoms with Gasteiger partial charge in [0.2, 0.25) is 0 Å². The van der Waals surface area contributed by atoms with Gasteiger partial charge in [0.05, 0.1) is 0 Å². The Balaban J connectivity index is 1.96. The molecule has 0 aromatic rings. The van der Waals surface area contributed by atoms with Gasteiger partial charge in [-0.1, -0.05) is 22.6 Å². The number of rotatable bonds is 2. The first-order valence-corrected chi connectivity index (χ1v) is 6.41. The third-order valence-electron chi connectivity index (χ3n) is 3.36. The molecule has 2 aliphatic carbocycles. The van der Waals surface area contributed by atoms with Gasteiger partial charge < -0.3 is 0 Å². The van der Waals surface area contributed by atoms with Gasteiger partial charge >= 0.3 is 0 Å². The van der Waals surface area contributed by atoms with Gasteiger partial charge in [-0.25, -0.2) is 0 Å². The van der Waals surface area contributed by atoms with Gasteiger partial charge in [-0.3, -0.25) is 4.79 Å². The van der Waals surface area contributed by atoms with E-state index in [1.807, 2.05) is 0 Å². The number of hydrogen-bond acceptors (Lipinski definition) is 1. The number of hydrogen-bond donors (Lipinski definition) is 0. The predicted molar refractivity (Wildman–Crippen MR) is 57.4 cm³/mol. The molecule has 2 aliphatic rings. The fraction of sp³-hybridized carbons (Fsp3) is 0.900. The molecule has 3 atom stereocenters. The minimum atomic E-state index is 0.469. The molecule has 2 bridgehead atoms. The third-order valence-corrected chi connectivity index (χ3v) is 3.99. The monoisotopic (exact) mass is 278 g/mol. The summed E-state index contributed by atoms with van der Waals surface area (Å²) in [7, 11) is 0. The van der Waals surface area contributed by atoms with E-state index in [4.69, 9.17) is 0 Å². The maximum atomic E-state index is 11.4. The molecular weight excluding hydrogens is 263 g/mol. The van der Waals surface area contributed by atoms with Gasteiger partial charge in [0.15, 0.2) is 0 Å². The lowest BCUT2D eigenvalue weighted by atomic mass is 9.80. The molecule has 0 unspecified atom stereocenters. The van der Waals surface area contributed by atoms with Crippen LogP contribution in [0.4, 0.5) is 0 Å². The lowest BCUT2D eigenvalue weighted by Crippen LogP contribution is -2.17. The number of fused-ring (bicyclic) bond motifs is 2. The van der Waals surface area contributed by atoms with E-state index < -0.39 is 0 Å². The Morgan fingerprint density at radius 1 is 1.33 bits per heavy atom. The average Bonchev–Trinajstić information content (AvgIpc) is 2.27. The average molecular weight is 278 g/mol. The predicted octanol–water partition coefficient (Wildman–Crippen LogP) is 2.82. The highest BCUT2D eigenvalue weighted by Gasteiger charge is 2.39. The van der Waals surface area contributed by atoms with Gasteiger partial charge in [0.25, 0.3) is 0 Å². The summed E-state index contributed by atoms with van der Waals surface area (Å²) in [6.45, 7) is 0. The summed E-state index contributed by atoms with van der Waals surface area (Å²) in [6.07, 6.45) is 6.00. The van der Waals surface area contributed by atoms with E-state index in [0.29, 0.717) is 11.7 Å². The highest BCUT2D eigenvalue weighted by molar-refractivity contribution is 14.1. The summed E-state index contributed by atoms with van der Waals surface area (Å²) >= 11 is 2.44. The summed E-state index contributed by atoms with van der Waals surface area (Å²) < 4.78 is 1.26. The van der Waals surface area contributed by atoms with Crippen LogP contribution in [-0.4, -0.2) is 10.2 Å². The number of alkyl halides is 1. The Bertz CT molecular complexity index is 190. The molecule has 1 nitrogen and oxygen atoms in total. The van der Waals surface area contributed by atoms with Crippen LogP contribution in [0.5, 0.6) is 0 Å². The van der Waals surface area contributed by atoms with Crippen LogP contribution in [0.1, 0.15) is 32.1 Å². The smallest absolute Gasteiger partial charge is 0.136 e. The van der Waals surface area contributed by atoms with Crippen molar-refractivity contribution in [1.82, 2.24) is 0 Å². The van der Waals surface area contributed by atoms with Crippen LogP contribution in [-0.2, 0) is 4.79 Å². The molecule has 12 heavy (non-hydrogen) atoms. The molecular formula is C10H15IO. The molecule has 0 amide bonds. The zero-order valence-electron chi connectivity index (χ0n) is 7.26. The molecule has 2 saturated carbocycles. The summed E-state index contributed by atoms with van der Waals surface area (Å²) in [5.74, 6) is 2.67. The molecule has 68 valence electrons. The molecule has 0 N–H and O–H groups in total. The fourth-order valence-corrected chi connectivity index (χ4v) is 3.72. The fourth-order valence-electron chi connectivity index (χ4n) is 2.84. The van der Waals surface area contributed by atoms with Crippen LogP contribution >= 0.6 is 22.6 Å². The Morgan fingerprint density at radius 2 is 2.17 bits per heavy atom. The first kappa shape index (κ1) is 8.97. The SMILES string of the molecule is O=C1C[C@@H]2C[C@H](CCI)C[C@H]1C2. The lowest BCUT2D eigenvalue weighted by molar-refractivity contribution is -0.120. The van der Waals surface area contributed by atoms with Crippen molar-refractivity contribution in [2.24, 2.45) is 17.8 Å². The molecule has 0 spiro atoms. The zero-order chi connectivity index (χ0) is 8.55. The van der Waals surface area contributed by atoms with E-state index in [9.17, 15) is 4.79 Å². The van der Waals surface area contributed by atoms with Crippen molar-refractivity contribution in [2.75, 3.05) is 4.43 Å². The molecule has 0 radical (unpaired) electrons. The molecule has 0 aromatic carbocycles. The first-order chi connectivity index (χ1) is 5.79. The first-order valence-electron chi connectivity index (χ1n) is 4.88. The Hall–Kier alpha value is 0.400. The third kappa shape index (κ3) is 1.68. The summed E-state index contributed by atoms with van der Waals surface area (Å²) in [6, 6.07) is 0. The van der Waals surface area contributed by atoms with Crippen molar-refractivity contribution in [3.05, 3.63) is 0 Å². The van der Waals surface area contributed by atoms with Gasteiger partial charge in [-0.15, -0.1) is 0 Å². The molecule has 0 aromatic heterocycles. The lowest BCUT2D eigenvalue weighted by Gasteiger charge is -2.25. The molecule has 2 fully saturated rings. The second kappa shape index (κ2) is 3.64. The number of carbonyl (C=O) groups excluding carboxylic acids is 1. The van der Waals surface area contributed by atoms with E-state index in [1.54, 1.807) is 0 Å². The second-order valence-corrected chi connectivity index (χ2v) is 5.36. The summed E-state index contributed by atoms with van der Waals surface area (Å²) in [5.41, 5.74) is 0. The van der Waals surface area contributed by atoms with Crippen LogP contribution in [0.2, 0.25) is 0 Å². The van der Waals surface area contributed by atoms with Crippen molar-refractivity contribution in [3.63, 3.8) is 0 Å². The Kier molecular flexibility index (Phi) is 2.72. The van der Waals surface area contributed by atoms with Gasteiger partial charge in [-0.2, -0.15) is 0 Å². The zero-order valence-corrected chi connectivity index (χ0v) is 9.42. The molecule has 0 aliphatic heterocycles. The number of Topliss-reactive ketones (excluding diaryl/α,β-unsaturated/α-hetero) is 1. The van der Waals surface area contributed by atoms with Crippen molar-refractivity contribution < 1.29 is 4.79 Å². The Labute approximate surface area is 87.4 Å². The van der Waals surface area contributed by atoms with E-state index in [2.05, 4.69) is 22.6 Å². The molecule has 2 heteroatoms.